The molecule has 0 radical (unpaired) electrons. The van der Waals surface area contributed by atoms with Crippen molar-refractivity contribution in [2.45, 2.75) is 6.36 Å². The van der Waals surface area contributed by atoms with Gasteiger partial charge in [-0.05, 0) is 36.4 Å². The summed E-state index contributed by atoms with van der Waals surface area (Å²) in [5, 5.41) is 3.05. The highest BCUT2D eigenvalue weighted by atomic mass is 35.5. The van der Waals surface area contributed by atoms with Crippen LogP contribution in [0.3, 0.4) is 0 Å². The standard InChI is InChI=1S/C17H11ClF3NO2/c18-15-6-2-1-4-12(15)5-3-11-22-16(23)13-7-9-14(10-8-13)24-17(19,20)21/h1-2,4,6-10H,11H2,(H,22,23). The molecule has 0 saturated carbocycles. The second-order valence-corrected chi connectivity index (χ2v) is 4.94. The number of carbonyl (C=O) groups excluding carboxylic acids is 1. The zero-order valence-corrected chi connectivity index (χ0v) is 12.9. The van der Waals surface area contributed by atoms with E-state index in [1.165, 1.54) is 12.1 Å². The van der Waals surface area contributed by atoms with Crippen LogP contribution in [0.1, 0.15) is 15.9 Å². The van der Waals surface area contributed by atoms with E-state index in [1.54, 1.807) is 24.3 Å². The predicted octanol–water partition coefficient (Wildman–Crippen LogP) is 4.02. The Morgan fingerprint density at radius 2 is 1.79 bits per heavy atom. The third-order valence-corrected chi connectivity index (χ3v) is 3.11. The molecule has 2 aromatic carbocycles. The van der Waals surface area contributed by atoms with Gasteiger partial charge in [0.15, 0.2) is 0 Å². The van der Waals surface area contributed by atoms with Gasteiger partial charge in [-0.2, -0.15) is 0 Å². The smallest absolute Gasteiger partial charge is 0.406 e. The van der Waals surface area contributed by atoms with E-state index in [0.29, 0.717) is 10.6 Å². The highest BCUT2D eigenvalue weighted by molar-refractivity contribution is 6.31. The number of benzene rings is 2. The van der Waals surface area contributed by atoms with Crippen LogP contribution in [0.5, 0.6) is 5.75 Å². The molecule has 0 heterocycles. The fourth-order valence-corrected chi connectivity index (χ4v) is 1.92. The molecule has 0 saturated heterocycles. The lowest BCUT2D eigenvalue weighted by atomic mass is 10.2. The van der Waals surface area contributed by atoms with Crippen LogP contribution >= 0.6 is 11.6 Å². The molecule has 0 aliphatic carbocycles. The van der Waals surface area contributed by atoms with Crippen LogP contribution < -0.4 is 10.1 Å². The molecular weight excluding hydrogens is 343 g/mol. The molecule has 24 heavy (non-hydrogen) atoms. The van der Waals surface area contributed by atoms with Gasteiger partial charge in [0.05, 0.1) is 11.6 Å². The molecule has 124 valence electrons. The molecule has 0 bridgehead atoms. The van der Waals surface area contributed by atoms with Crippen molar-refractivity contribution in [3.8, 4) is 17.6 Å². The first-order valence-corrected chi connectivity index (χ1v) is 7.10. The zero-order valence-electron chi connectivity index (χ0n) is 12.2. The average Bonchev–Trinajstić information content (AvgIpc) is 2.52. The molecule has 0 aromatic heterocycles. The van der Waals surface area contributed by atoms with Gasteiger partial charge in [0.2, 0.25) is 0 Å². The van der Waals surface area contributed by atoms with Crippen LogP contribution in [0.25, 0.3) is 0 Å². The number of ether oxygens (including phenoxy) is 1. The van der Waals surface area contributed by atoms with Gasteiger partial charge in [0.1, 0.15) is 5.75 Å². The van der Waals surface area contributed by atoms with Gasteiger partial charge in [0.25, 0.3) is 5.91 Å². The first kappa shape index (κ1) is 17.7. The molecule has 2 aromatic rings. The predicted molar refractivity (Wildman–Crippen MR) is 83.8 cm³/mol. The molecule has 1 N–H and O–H groups in total. The van der Waals surface area contributed by atoms with E-state index >= 15 is 0 Å². The van der Waals surface area contributed by atoms with Gasteiger partial charge >= 0.3 is 6.36 Å². The van der Waals surface area contributed by atoms with E-state index in [4.69, 9.17) is 11.6 Å². The Morgan fingerprint density at radius 3 is 2.42 bits per heavy atom. The third-order valence-electron chi connectivity index (χ3n) is 2.78. The lowest BCUT2D eigenvalue weighted by Gasteiger charge is -2.09. The van der Waals surface area contributed by atoms with Crippen LogP contribution in [0.15, 0.2) is 48.5 Å². The number of carbonyl (C=O) groups is 1. The lowest BCUT2D eigenvalue weighted by Crippen LogP contribution is -2.23. The van der Waals surface area contributed by atoms with Crippen LogP contribution in [0.4, 0.5) is 13.2 Å². The van der Waals surface area contributed by atoms with Gasteiger partial charge < -0.3 is 10.1 Å². The lowest BCUT2D eigenvalue weighted by molar-refractivity contribution is -0.274. The number of nitrogens with one attached hydrogen (secondary N) is 1. The van der Waals surface area contributed by atoms with Crippen molar-refractivity contribution in [1.29, 1.82) is 0 Å². The SMILES string of the molecule is O=C(NCC#Cc1ccccc1Cl)c1ccc(OC(F)(F)F)cc1. The topological polar surface area (TPSA) is 38.3 Å². The summed E-state index contributed by atoms with van der Waals surface area (Å²) < 4.78 is 39.9. The van der Waals surface area contributed by atoms with E-state index in [-0.39, 0.29) is 12.1 Å². The first-order chi connectivity index (χ1) is 11.3. The molecule has 0 aliphatic rings. The van der Waals surface area contributed by atoms with Crippen LogP contribution in [0.2, 0.25) is 5.02 Å². The summed E-state index contributed by atoms with van der Waals surface area (Å²) in [7, 11) is 0. The zero-order chi connectivity index (χ0) is 17.6. The van der Waals surface area contributed by atoms with E-state index in [9.17, 15) is 18.0 Å². The molecule has 0 unspecified atom stereocenters. The molecule has 2 rings (SSSR count). The minimum atomic E-state index is -4.77. The molecule has 0 atom stereocenters. The van der Waals surface area contributed by atoms with Gasteiger partial charge in [-0.1, -0.05) is 35.6 Å². The Labute approximate surface area is 141 Å². The number of hydrogen-bond donors (Lipinski definition) is 1. The van der Waals surface area contributed by atoms with Crippen molar-refractivity contribution >= 4 is 17.5 Å². The molecular formula is C17H11ClF3NO2. The Morgan fingerprint density at radius 1 is 1.12 bits per heavy atom. The average molecular weight is 354 g/mol. The van der Waals surface area contributed by atoms with Gasteiger partial charge in [-0.15, -0.1) is 13.2 Å². The van der Waals surface area contributed by atoms with E-state index in [0.717, 1.165) is 12.1 Å². The van der Waals surface area contributed by atoms with E-state index in [1.807, 2.05) is 0 Å². The normalized spacial score (nSPS) is 10.5. The van der Waals surface area contributed by atoms with Crippen molar-refractivity contribution in [3.05, 3.63) is 64.7 Å². The van der Waals surface area contributed by atoms with Crippen molar-refractivity contribution in [1.82, 2.24) is 5.32 Å². The Bertz CT molecular complexity index is 777. The van der Waals surface area contributed by atoms with Crippen molar-refractivity contribution < 1.29 is 22.7 Å². The molecule has 0 spiro atoms. The maximum atomic E-state index is 12.0. The summed E-state index contributed by atoms with van der Waals surface area (Å²) >= 11 is 5.94. The second-order valence-electron chi connectivity index (χ2n) is 4.54. The summed E-state index contributed by atoms with van der Waals surface area (Å²) in [6.07, 6.45) is -4.77. The third kappa shape index (κ3) is 5.52. The number of rotatable bonds is 3. The summed E-state index contributed by atoms with van der Waals surface area (Å²) in [6.45, 7) is 0.0743. The highest BCUT2D eigenvalue weighted by Gasteiger charge is 2.31. The second kappa shape index (κ2) is 7.75. The quantitative estimate of drug-likeness (QED) is 0.846. The molecule has 7 heteroatoms. The monoisotopic (exact) mass is 353 g/mol. The van der Waals surface area contributed by atoms with Crippen molar-refractivity contribution in [2.24, 2.45) is 0 Å². The number of hydrogen-bond acceptors (Lipinski definition) is 2. The minimum Gasteiger partial charge on any atom is -0.406 e. The fourth-order valence-electron chi connectivity index (χ4n) is 1.74. The maximum absolute atomic E-state index is 12.0. The Hall–Kier alpha value is -2.65. The number of alkyl halides is 3. The van der Waals surface area contributed by atoms with Crippen LogP contribution in [-0.2, 0) is 0 Å². The Balaban J connectivity index is 1.90. The molecule has 0 fully saturated rings. The van der Waals surface area contributed by atoms with Gasteiger partial charge in [-0.25, -0.2) is 0 Å². The van der Waals surface area contributed by atoms with Crippen molar-refractivity contribution in [3.63, 3.8) is 0 Å². The van der Waals surface area contributed by atoms with Gasteiger partial charge in [-0.3, -0.25) is 4.79 Å². The summed E-state index contributed by atoms with van der Waals surface area (Å²) in [5.41, 5.74) is 0.839. The summed E-state index contributed by atoms with van der Waals surface area (Å²) in [4.78, 5) is 11.9. The molecule has 3 nitrogen and oxygen atoms in total. The fraction of sp³-hybridized carbons (Fsp3) is 0.118. The molecule has 0 aliphatic heterocycles. The largest absolute Gasteiger partial charge is 0.573 e. The van der Waals surface area contributed by atoms with Crippen LogP contribution in [0, 0.1) is 11.8 Å². The summed E-state index contributed by atoms with van der Waals surface area (Å²) in [6, 6.07) is 11.6. The Kier molecular flexibility index (Phi) is 5.72. The summed E-state index contributed by atoms with van der Waals surface area (Å²) in [5.74, 6) is 4.71. The van der Waals surface area contributed by atoms with E-state index < -0.39 is 18.0 Å². The minimum absolute atomic E-state index is 0.0743. The van der Waals surface area contributed by atoms with E-state index in [2.05, 4.69) is 21.9 Å². The first-order valence-electron chi connectivity index (χ1n) is 6.72. The maximum Gasteiger partial charge on any atom is 0.573 e. The van der Waals surface area contributed by atoms with Crippen molar-refractivity contribution in [2.75, 3.05) is 6.54 Å². The highest BCUT2D eigenvalue weighted by Crippen LogP contribution is 2.22. The molecule has 1 amide bonds. The number of amides is 1. The van der Waals surface area contributed by atoms with Gasteiger partial charge in [0, 0.05) is 11.1 Å². The number of halogens is 4. The van der Waals surface area contributed by atoms with Crippen LogP contribution in [-0.4, -0.2) is 18.8 Å².